The number of nitrogens with zero attached hydrogens (tertiary/aromatic N) is 3. The van der Waals surface area contributed by atoms with E-state index in [2.05, 4.69) is 99.0 Å². The number of benzene rings is 2. The number of pyridine rings is 1. The first-order chi connectivity index (χ1) is 18.6. The Balaban J connectivity index is 1.09. The number of hydrogen-bond donors (Lipinski definition) is 4. The zero-order chi connectivity index (χ0) is 25.6. The first kappa shape index (κ1) is 23.3. The van der Waals surface area contributed by atoms with Crippen molar-refractivity contribution in [1.29, 1.82) is 0 Å². The van der Waals surface area contributed by atoms with Crippen molar-refractivity contribution >= 4 is 10.9 Å². The van der Waals surface area contributed by atoms with Crippen LogP contribution in [0.1, 0.15) is 63.3 Å². The summed E-state index contributed by atoms with van der Waals surface area (Å²) in [6, 6.07) is 21.1. The van der Waals surface area contributed by atoms with Crippen LogP contribution in [0.5, 0.6) is 0 Å². The van der Waals surface area contributed by atoms with Crippen molar-refractivity contribution in [1.82, 2.24) is 35.6 Å². The van der Waals surface area contributed by atoms with E-state index in [0.29, 0.717) is 24.2 Å². The third-order valence-corrected chi connectivity index (χ3v) is 8.09. The molecular formula is C31H33N7. The van der Waals surface area contributed by atoms with Gasteiger partial charge in [0.1, 0.15) is 11.6 Å². The van der Waals surface area contributed by atoms with Crippen LogP contribution in [0.3, 0.4) is 0 Å². The molecule has 4 atom stereocenters. The molecule has 192 valence electrons. The second-order valence-electron chi connectivity index (χ2n) is 10.9. The summed E-state index contributed by atoms with van der Waals surface area (Å²) in [6.45, 7) is 4.45. The molecule has 0 spiro atoms. The molecular weight excluding hydrogens is 470 g/mol. The Morgan fingerprint density at radius 3 is 1.89 bits per heavy atom. The number of hydrogen-bond acceptors (Lipinski definition) is 5. The summed E-state index contributed by atoms with van der Waals surface area (Å²) < 4.78 is 0. The summed E-state index contributed by atoms with van der Waals surface area (Å²) in [4.78, 5) is 21.2. The Labute approximate surface area is 222 Å². The zero-order valence-electron chi connectivity index (χ0n) is 21.8. The standard InChI is InChI=1S/C31H33N7/c1-18-3-11-26(34-18)30-32-16-28(37-30)21-7-5-20(6-8-21)22-9-13-24-23(15-22)10-14-25(36-24)29-17-33-31(38-29)27-12-4-19(2)35-27/h5-10,13-19,26-27,34-35H,3-4,11-12H2,1-2H3,(H,32,37)(H,33,38)/t18?,19-,26?,27-/m0/s1. The Kier molecular flexibility index (Phi) is 5.82. The summed E-state index contributed by atoms with van der Waals surface area (Å²) in [5, 5.41) is 8.31. The van der Waals surface area contributed by atoms with E-state index < -0.39 is 0 Å². The van der Waals surface area contributed by atoms with Gasteiger partial charge in [-0.2, -0.15) is 0 Å². The van der Waals surface area contributed by atoms with E-state index in [9.17, 15) is 0 Å². The zero-order valence-corrected chi connectivity index (χ0v) is 21.8. The van der Waals surface area contributed by atoms with Crippen LogP contribution in [-0.2, 0) is 0 Å². The van der Waals surface area contributed by atoms with Crippen LogP contribution in [0.15, 0.2) is 67.0 Å². The van der Waals surface area contributed by atoms with Gasteiger partial charge in [0.25, 0.3) is 0 Å². The third kappa shape index (κ3) is 4.42. The van der Waals surface area contributed by atoms with Gasteiger partial charge in [0.2, 0.25) is 0 Å². The topological polar surface area (TPSA) is 94.3 Å². The quantitative estimate of drug-likeness (QED) is 0.226. The van der Waals surface area contributed by atoms with Crippen molar-refractivity contribution in [3.63, 3.8) is 0 Å². The van der Waals surface area contributed by atoms with Crippen LogP contribution in [0, 0.1) is 0 Å². The molecule has 2 aromatic carbocycles. The van der Waals surface area contributed by atoms with E-state index in [0.717, 1.165) is 58.0 Å². The molecule has 2 aliphatic heterocycles. The van der Waals surface area contributed by atoms with Gasteiger partial charge in [-0.05, 0) is 74.4 Å². The number of aromatic amines is 2. The van der Waals surface area contributed by atoms with Crippen molar-refractivity contribution in [2.75, 3.05) is 0 Å². The summed E-state index contributed by atoms with van der Waals surface area (Å²) >= 11 is 0. The molecule has 0 amide bonds. The average molecular weight is 504 g/mol. The Hall–Kier alpha value is -3.81. The minimum Gasteiger partial charge on any atom is -0.341 e. The summed E-state index contributed by atoms with van der Waals surface area (Å²) in [7, 11) is 0. The lowest BCUT2D eigenvalue weighted by molar-refractivity contribution is 0.564. The van der Waals surface area contributed by atoms with E-state index in [1.54, 1.807) is 0 Å². The van der Waals surface area contributed by atoms with Gasteiger partial charge in [-0.1, -0.05) is 36.4 Å². The SMILES string of the molecule is CC1CCC(c2ncc(-c3ccc(-c4ccc5nc(-c6cnc([C@@H]7CC[C@H](C)N7)[nH]6)ccc5c4)cc3)[nH]2)N1. The first-order valence-corrected chi connectivity index (χ1v) is 13.7. The van der Waals surface area contributed by atoms with Crippen molar-refractivity contribution in [3.8, 4) is 33.8 Å². The number of rotatable bonds is 5. The maximum atomic E-state index is 4.92. The molecule has 2 aliphatic rings. The number of fused-ring (bicyclic) bond motifs is 1. The molecule has 7 nitrogen and oxygen atoms in total. The molecule has 5 aromatic rings. The molecule has 0 saturated carbocycles. The Bertz CT molecular complexity index is 1580. The predicted molar refractivity (Wildman–Crippen MR) is 151 cm³/mol. The van der Waals surface area contributed by atoms with Crippen molar-refractivity contribution in [2.45, 2.75) is 63.7 Å². The van der Waals surface area contributed by atoms with Gasteiger partial charge in [0, 0.05) is 17.5 Å². The molecule has 7 rings (SSSR count). The van der Waals surface area contributed by atoms with E-state index in [1.165, 1.54) is 24.0 Å². The number of aromatic nitrogens is 5. The third-order valence-electron chi connectivity index (χ3n) is 8.09. The molecule has 2 unspecified atom stereocenters. The number of H-pyrrole nitrogens is 2. The number of imidazole rings is 2. The monoisotopic (exact) mass is 503 g/mol. The van der Waals surface area contributed by atoms with E-state index in [-0.39, 0.29) is 0 Å². The van der Waals surface area contributed by atoms with Crippen LogP contribution < -0.4 is 10.6 Å². The minimum atomic E-state index is 0.302. The maximum Gasteiger partial charge on any atom is 0.123 e. The molecule has 5 heterocycles. The molecule has 4 N–H and O–H groups in total. The lowest BCUT2D eigenvalue weighted by Crippen LogP contribution is -2.21. The molecule has 0 aliphatic carbocycles. The highest BCUT2D eigenvalue weighted by Crippen LogP contribution is 2.30. The summed E-state index contributed by atoms with van der Waals surface area (Å²) in [6.07, 6.45) is 8.47. The summed E-state index contributed by atoms with van der Waals surface area (Å²) in [5.74, 6) is 2.03. The summed E-state index contributed by atoms with van der Waals surface area (Å²) in [5.41, 5.74) is 7.42. The molecule has 7 heteroatoms. The smallest absolute Gasteiger partial charge is 0.123 e. The lowest BCUT2D eigenvalue weighted by Gasteiger charge is -2.09. The van der Waals surface area contributed by atoms with Gasteiger partial charge in [0.05, 0.1) is 47.1 Å². The normalized spacial score (nSPS) is 23.4. The van der Waals surface area contributed by atoms with Gasteiger partial charge in [0.15, 0.2) is 0 Å². The molecule has 0 radical (unpaired) electrons. The predicted octanol–water partition coefficient (Wildman–Crippen LogP) is 6.31. The molecule has 2 fully saturated rings. The van der Waals surface area contributed by atoms with Crippen molar-refractivity contribution < 1.29 is 0 Å². The van der Waals surface area contributed by atoms with E-state index in [1.807, 2.05) is 12.4 Å². The minimum absolute atomic E-state index is 0.302. The molecule has 38 heavy (non-hydrogen) atoms. The fraction of sp³-hybridized carbons (Fsp3) is 0.323. The van der Waals surface area contributed by atoms with Gasteiger partial charge in [-0.3, -0.25) is 0 Å². The fourth-order valence-corrected chi connectivity index (χ4v) is 5.89. The fourth-order valence-electron chi connectivity index (χ4n) is 5.89. The van der Waals surface area contributed by atoms with Gasteiger partial charge >= 0.3 is 0 Å². The first-order valence-electron chi connectivity index (χ1n) is 13.7. The van der Waals surface area contributed by atoms with Crippen LogP contribution in [-0.4, -0.2) is 37.0 Å². The van der Waals surface area contributed by atoms with Crippen LogP contribution in [0.2, 0.25) is 0 Å². The van der Waals surface area contributed by atoms with Crippen LogP contribution in [0.4, 0.5) is 0 Å². The second-order valence-corrected chi connectivity index (χ2v) is 10.9. The van der Waals surface area contributed by atoms with E-state index >= 15 is 0 Å². The highest BCUT2D eigenvalue weighted by molar-refractivity contribution is 5.86. The molecule has 2 saturated heterocycles. The van der Waals surface area contributed by atoms with Crippen LogP contribution >= 0.6 is 0 Å². The maximum absolute atomic E-state index is 4.92. The van der Waals surface area contributed by atoms with Crippen molar-refractivity contribution in [2.24, 2.45) is 0 Å². The van der Waals surface area contributed by atoms with Gasteiger partial charge in [-0.25, -0.2) is 15.0 Å². The van der Waals surface area contributed by atoms with Crippen LogP contribution in [0.25, 0.3) is 44.7 Å². The van der Waals surface area contributed by atoms with Gasteiger partial charge < -0.3 is 20.6 Å². The Morgan fingerprint density at radius 2 is 1.24 bits per heavy atom. The molecule has 3 aromatic heterocycles. The molecule has 0 bridgehead atoms. The number of nitrogens with one attached hydrogen (secondary N) is 4. The largest absolute Gasteiger partial charge is 0.341 e. The second kappa shape index (κ2) is 9.49. The van der Waals surface area contributed by atoms with E-state index in [4.69, 9.17) is 4.98 Å². The highest BCUT2D eigenvalue weighted by atomic mass is 15.1. The lowest BCUT2D eigenvalue weighted by atomic mass is 10.0. The average Bonchev–Trinajstić information content (AvgIpc) is 3.75. The van der Waals surface area contributed by atoms with Gasteiger partial charge in [-0.15, -0.1) is 0 Å². The highest BCUT2D eigenvalue weighted by Gasteiger charge is 2.25. The van der Waals surface area contributed by atoms with Crippen molar-refractivity contribution in [3.05, 3.63) is 78.6 Å². The Morgan fingerprint density at radius 1 is 0.632 bits per heavy atom.